The second-order valence-corrected chi connectivity index (χ2v) is 19.2. The zero-order valence-electron chi connectivity index (χ0n) is 39.7. The van der Waals surface area contributed by atoms with Crippen LogP contribution in [0.15, 0.2) is 0 Å². The number of hydrogen-bond donors (Lipinski definition) is 4. The fourth-order valence-electron chi connectivity index (χ4n) is 8.32. The quantitative estimate of drug-likeness (QED) is 0.0258. The molecule has 0 aliphatic carbocycles. The average molecular weight is 909 g/mol. The van der Waals surface area contributed by atoms with Crippen LogP contribution >= 0.6 is 0 Å². The van der Waals surface area contributed by atoms with E-state index in [0.717, 1.165) is 38.5 Å². The van der Waals surface area contributed by atoms with Crippen molar-refractivity contribution >= 4 is 16.4 Å². The molecule has 4 N–H and O–H groups in total. The third-order valence-electron chi connectivity index (χ3n) is 12.2. The highest BCUT2D eigenvalue weighted by Gasteiger charge is 2.48. The summed E-state index contributed by atoms with van der Waals surface area (Å²) in [6.07, 6.45) is 35.6. The van der Waals surface area contributed by atoms with Crippen LogP contribution in [0.1, 0.15) is 245 Å². The van der Waals surface area contributed by atoms with E-state index in [4.69, 9.17) is 18.9 Å². The summed E-state index contributed by atoms with van der Waals surface area (Å²) in [5.74, 6) is -0.391. The molecule has 62 heavy (non-hydrogen) atoms. The van der Waals surface area contributed by atoms with E-state index in [1.807, 2.05) is 0 Å². The smallest absolute Gasteiger partial charge is 0.397 e. The van der Waals surface area contributed by atoms with Crippen molar-refractivity contribution in [3.8, 4) is 0 Å². The lowest BCUT2D eigenvalue weighted by Crippen LogP contribution is -2.60. The minimum atomic E-state index is -5.06. The van der Waals surface area contributed by atoms with Crippen LogP contribution in [-0.2, 0) is 38.3 Å². The van der Waals surface area contributed by atoms with Crippen molar-refractivity contribution in [1.82, 2.24) is 0 Å². The van der Waals surface area contributed by atoms with Crippen molar-refractivity contribution in [2.75, 3.05) is 26.4 Å². The lowest BCUT2D eigenvalue weighted by atomic mass is 9.99. The highest BCUT2D eigenvalue weighted by atomic mass is 32.3. The molecule has 1 fully saturated rings. The second kappa shape index (κ2) is 41.5. The molecule has 1 rings (SSSR count). The van der Waals surface area contributed by atoms with E-state index in [1.165, 1.54) is 180 Å². The van der Waals surface area contributed by atoms with Crippen molar-refractivity contribution in [2.24, 2.45) is 0 Å². The Kier molecular flexibility index (Phi) is 39.6. The Morgan fingerprint density at radius 3 is 1.29 bits per heavy atom. The molecule has 0 aromatic carbocycles. The number of unbranched alkanes of at least 4 members (excludes halogenated alkanes) is 33. The number of aliphatic hydroxyl groups is 3. The van der Waals surface area contributed by atoms with Crippen molar-refractivity contribution in [3.63, 3.8) is 0 Å². The molecule has 12 nitrogen and oxygen atoms in total. The van der Waals surface area contributed by atoms with Gasteiger partial charge in [-0.25, -0.2) is 4.18 Å². The third-order valence-corrected chi connectivity index (χ3v) is 12.7. The normalized spacial score (nSPS) is 19.9. The van der Waals surface area contributed by atoms with E-state index in [1.54, 1.807) is 0 Å². The number of esters is 1. The maximum absolute atomic E-state index is 12.9. The molecule has 0 saturated carbocycles. The van der Waals surface area contributed by atoms with Crippen LogP contribution in [0.25, 0.3) is 0 Å². The largest absolute Gasteiger partial charge is 0.457 e. The summed E-state index contributed by atoms with van der Waals surface area (Å²) in [4.78, 5) is 12.9. The maximum atomic E-state index is 12.9. The first-order valence-electron chi connectivity index (χ1n) is 25.8. The lowest BCUT2D eigenvalue weighted by Gasteiger charge is -2.41. The fourth-order valence-corrected chi connectivity index (χ4v) is 8.83. The average Bonchev–Trinajstić information content (AvgIpc) is 3.24. The topological polar surface area (TPSA) is 178 Å². The Morgan fingerprint density at radius 2 is 0.919 bits per heavy atom. The summed E-state index contributed by atoms with van der Waals surface area (Å²) >= 11 is 0. The van der Waals surface area contributed by atoms with Gasteiger partial charge in [0.2, 0.25) is 0 Å². The molecular formula is C49H96O12S. The molecule has 1 aliphatic rings. The third kappa shape index (κ3) is 34.4. The fraction of sp³-hybridized carbons (Fsp3) is 0.980. The Hall–Kier alpha value is -0.900. The highest BCUT2D eigenvalue weighted by molar-refractivity contribution is 7.80. The summed E-state index contributed by atoms with van der Waals surface area (Å²) in [6.45, 7) is 4.06. The van der Waals surface area contributed by atoms with E-state index in [9.17, 15) is 33.1 Å². The van der Waals surface area contributed by atoms with Gasteiger partial charge >= 0.3 is 16.4 Å². The Labute approximate surface area is 379 Å². The molecule has 13 heteroatoms. The van der Waals surface area contributed by atoms with Crippen molar-refractivity contribution in [2.45, 2.75) is 282 Å². The first-order valence-corrected chi connectivity index (χ1v) is 27.2. The van der Waals surface area contributed by atoms with Crippen LogP contribution in [0.4, 0.5) is 0 Å². The number of carbonyl (C=O) groups excluding carboxylic acids is 1. The van der Waals surface area contributed by atoms with E-state index in [-0.39, 0.29) is 19.6 Å². The number of aliphatic hydroxyl groups excluding tert-OH is 3. The van der Waals surface area contributed by atoms with E-state index in [0.29, 0.717) is 13.0 Å². The molecule has 0 aromatic rings. The van der Waals surface area contributed by atoms with E-state index in [2.05, 4.69) is 18.0 Å². The van der Waals surface area contributed by atoms with Crippen molar-refractivity contribution in [1.29, 1.82) is 0 Å². The first-order chi connectivity index (χ1) is 30.1. The van der Waals surface area contributed by atoms with Crippen LogP contribution in [0.3, 0.4) is 0 Å². The minimum Gasteiger partial charge on any atom is -0.457 e. The highest BCUT2D eigenvalue weighted by Crippen LogP contribution is 2.26. The SMILES string of the molecule is CCCCCCCCCCCCCCCCCCCCOCC(COC1OC(CO)C(O)C(OS(=O)(=O)O)C1O)OC(=O)CCCCCCCCCCCCCCCCCCC. The summed E-state index contributed by atoms with van der Waals surface area (Å²) in [5, 5.41) is 30.7. The molecule has 6 unspecified atom stereocenters. The van der Waals surface area contributed by atoms with E-state index < -0.39 is 59.8 Å². The monoisotopic (exact) mass is 909 g/mol. The van der Waals surface area contributed by atoms with Crippen LogP contribution in [0.5, 0.6) is 0 Å². The predicted octanol–water partition coefficient (Wildman–Crippen LogP) is 11.6. The van der Waals surface area contributed by atoms with Crippen LogP contribution in [-0.4, -0.2) is 97.5 Å². The molecule has 370 valence electrons. The first kappa shape index (κ1) is 59.1. The van der Waals surface area contributed by atoms with Gasteiger partial charge in [-0.15, -0.1) is 0 Å². The molecule has 0 amide bonds. The molecule has 0 spiro atoms. The van der Waals surface area contributed by atoms with Crippen LogP contribution < -0.4 is 0 Å². The zero-order chi connectivity index (χ0) is 45.4. The summed E-state index contributed by atoms with van der Waals surface area (Å²) < 4.78 is 59.2. The molecule has 0 radical (unpaired) electrons. The molecule has 1 heterocycles. The Morgan fingerprint density at radius 1 is 0.548 bits per heavy atom. The zero-order valence-corrected chi connectivity index (χ0v) is 40.5. The van der Waals surface area contributed by atoms with Gasteiger partial charge in [-0.1, -0.05) is 226 Å². The van der Waals surface area contributed by atoms with Gasteiger partial charge in [0.05, 0.1) is 19.8 Å². The number of rotatable bonds is 46. The van der Waals surface area contributed by atoms with Crippen molar-refractivity contribution < 1.29 is 56.2 Å². The molecule has 0 bridgehead atoms. The summed E-state index contributed by atoms with van der Waals surface area (Å²) in [5.41, 5.74) is 0. The number of hydrogen-bond acceptors (Lipinski definition) is 11. The lowest BCUT2D eigenvalue weighted by molar-refractivity contribution is -0.301. The van der Waals surface area contributed by atoms with Gasteiger partial charge in [0, 0.05) is 13.0 Å². The summed E-state index contributed by atoms with van der Waals surface area (Å²) in [6, 6.07) is 0. The number of carbonyl (C=O) groups is 1. The minimum absolute atomic E-state index is 0.0452. The van der Waals surface area contributed by atoms with Crippen molar-refractivity contribution in [3.05, 3.63) is 0 Å². The van der Waals surface area contributed by atoms with Crippen LogP contribution in [0.2, 0.25) is 0 Å². The standard InChI is InChI=1S/C49H96O12S/c1-3-5-7-9-11-13-15-17-19-21-23-25-27-29-31-33-35-37-39-57-41-43(42-58-49-47(53)48(61-62(54,55)56)46(52)44(40-50)60-49)59-45(51)38-36-34-32-30-28-26-24-22-20-18-16-14-12-10-8-6-4-2/h43-44,46-50,52-53H,3-42H2,1-2H3,(H,54,55,56). The van der Waals surface area contributed by atoms with Gasteiger partial charge in [0.25, 0.3) is 0 Å². The Balaban J connectivity index is 2.34. The van der Waals surface area contributed by atoms with Gasteiger partial charge in [-0.05, 0) is 12.8 Å². The number of ether oxygens (including phenoxy) is 4. The molecular weight excluding hydrogens is 813 g/mol. The molecule has 0 aromatic heterocycles. The molecule has 6 atom stereocenters. The van der Waals surface area contributed by atoms with Gasteiger partial charge in [-0.3, -0.25) is 9.35 Å². The molecule has 1 saturated heterocycles. The maximum Gasteiger partial charge on any atom is 0.397 e. The van der Waals surface area contributed by atoms with Gasteiger partial charge in [0.1, 0.15) is 30.5 Å². The van der Waals surface area contributed by atoms with Crippen LogP contribution in [0, 0.1) is 0 Å². The van der Waals surface area contributed by atoms with Gasteiger partial charge < -0.3 is 34.3 Å². The van der Waals surface area contributed by atoms with Gasteiger partial charge in [-0.2, -0.15) is 8.42 Å². The van der Waals surface area contributed by atoms with E-state index >= 15 is 0 Å². The van der Waals surface area contributed by atoms with Gasteiger partial charge in [0.15, 0.2) is 6.29 Å². The predicted molar refractivity (Wildman–Crippen MR) is 248 cm³/mol. The Bertz CT molecular complexity index is 1090. The second-order valence-electron chi connectivity index (χ2n) is 18.1. The summed E-state index contributed by atoms with van der Waals surface area (Å²) in [7, 11) is -5.06. The molecule has 1 aliphatic heterocycles.